The van der Waals surface area contributed by atoms with Crippen LogP contribution in [0, 0.1) is 17.2 Å². The SMILES string of the molecule is N#Cc1c(Cl)cccc1S(=O)(=O)N1CCCC(C(=O)O)C1. The summed E-state index contributed by atoms with van der Waals surface area (Å²) >= 11 is 5.85. The zero-order valence-corrected chi connectivity index (χ0v) is 12.6. The molecular weight excluding hydrogens is 316 g/mol. The molecule has 1 aromatic rings. The number of carboxylic acid groups (broad SMARTS) is 1. The first-order valence-corrected chi connectivity index (χ1v) is 8.11. The van der Waals surface area contributed by atoms with Crippen LogP contribution in [0.25, 0.3) is 0 Å². The second-order valence-electron chi connectivity index (χ2n) is 4.77. The van der Waals surface area contributed by atoms with Gasteiger partial charge in [0.1, 0.15) is 11.0 Å². The molecule has 1 aromatic carbocycles. The van der Waals surface area contributed by atoms with E-state index in [1.54, 1.807) is 6.07 Å². The highest BCUT2D eigenvalue weighted by Gasteiger charge is 2.34. The number of aliphatic carboxylic acids is 1. The molecule has 0 amide bonds. The number of nitriles is 1. The average molecular weight is 329 g/mol. The van der Waals surface area contributed by atoms with Gasteiger partial charge in [-0.05, 0) is 25.0 Å². The van der Waals surface area contributed by atoms with E-state index >= 15 is 0 Å². The van der Waals surface area contributed by atoms with Crippen molar-refractivity contribution in [2.75, 3.05) is 13.1 Å². The third kappa shape index (κ3) is 3.02. The van der Waals surface area contributed by atoms with Crippen LogP contribution in [0.15, 0.2) is 23.1 Å². The Kier molecular flexibility index (Phi) is 4.52. The summed E-state index contributed by atoms with van der Waals surface area (Å²) in [5, 5.41) is 18.2. The molecule has 2 rings (SSSR count). The van der Waals surface area contributed by atoms with Gasteiger partial charge in [-0.15, -0.1) is 0 Å². The van der Waals surface area contributed by atoms with Crippen LogP contribution < -0.4 is 0 Å². The van der Waals surface area contributed by atoms with Crippen LogP contribution in [-0.2, 0) is 14.8 Å². The largest absolute Gasteiger partial charge is 0.481 e. The lowest BCUT2D eigenvalue weighted by Gasteiger charge is -2.30. The summed E-state index contributed by atoms with van der Waals surface area (Å²) in [6.45, 7) is 0.151. The van der Waals surface area contributed by atoms with E-state index in [-0.39, 0.29) is 28.6 Å². The first kappa shape index (κ1) is 15.8. The van der Waals surface area contributed by atoms with Crippen LogP contribution in [-0.4, -0.2) is 36.9 Å². The summed E-state index contributed by atoms with van der Waals surface area (Å²) in [5.74, 6) is -1.74. The predicted molar refractivity (Wildman–Crippen MR) is 75.3 cm³/mol. The van der Waals surface area contributed by atoms with E-state index < -0.39 is 21.9 Å². The molecule has 0 spiro atoms. The lowest BCUT2D eigenvalue weighted by molar-refractivity contribution is -0.142. The molecule has 21 heavy (non-hydrogen) atoms. The minimum Gasteiger partial charge on any atom is -0.481 e. The predicted octanol–water partition coefficient (Wildman–Crippen LogP) is 1.70. The van der Waals surface area contributed by atoms with E-state index in [0.29, 0.717) is 12.8 Å². The lowest BCUT2D eigenvalue weighted by Crippen LogP contribution is -2.42. The highest BCUT2D eigenvalue weighted by molar-refractivity contribution is 7.89. The molecule has 0 aliphatic carbocycles. The second kappa shape index (κ2) is 6.02. The van der Waals surface area contributed by atoms with Gasteiger partial charge in [-0.1, -0.05) is 17.7 Å². The number of rotatable bonds is 3. The number of sulfonamides is 1. The number of halogens is 1. The minimum atomic E-state index is -3.93. The molecule has 0 bridgehead atoms. The molecule has 1 fully saturated rings. The van der Waals surface area contributed by atoms with Gasteiger partial charge in [0.2, 0.25) is 10.0 Å². The van der Waals surface area contributed by atoms with Crippen molar-refractivity contribution in [3.8, 4) is 6.07 Å². The summed E-state index contributed by atoms with van der Waals surface area (Å²) < 4.78 is 26.3. The third-order valence-corrected chi connectivity index (χ3v) is 5.66. The fourth-order valence-corrected chi connectivity index (χ4v) is 4.29. The molecule has 1 unspecified atom stereocenters. The fourth-order valence-electron chi connectivity index (χ4n) is 2.33. The van der Waals surface area contributed by atoms with Gasteiger partial charge in [-0.3, -0.25) is 4.79 Å². The number of hydrogen-bond donors (Lipinski definition) is 1. The Morgan fingerprint density at radius 2 is 2.19 bits per heavy atom. The highest BCUT2D eigenvalue weighted by Crippen LogP contribution is 2.28. The highest BCUT2D eigenvalue weighted by atomic mass is 35.5. The molecule has 0 radical (unpaired) electrons. The first-order chi connectivity index (χ1) is 9.87. The maximum absolute atomic E-state index is 12.6. The summed E-state index contributed by atoms with van der Waals surface area (Å²) in [6.07, 6.45) is 0.917. The Balaban J connectivity index is 2.41. The van der Waals surface area contributed by atoms with Gasteiger partial charge in [0, 0.05) is 13.1 Å². The van der Waals surface area contributed by atoms with E-state index in [4.69, 9.17) is 22.0 Å². The zero-order chi connectivity index (χ0) is 15.6. The van der Waals surface area contributed by atoms with Crippen molar-refractivity contribution in [3.63, 3.8) is 0 Å². The zero-order valence-electron chi connectivity index (χ0n) is 11.0. The Bertz CT molecular complexity index is 711. The minimum absolute atomic E-state index is 0.0605. The topological polar surface area (TPSA) is 98.5 Å². The summed E-state index contributed by atoms with van der Waals surface area (Å²) in [6, 6.07) is 5.99. The molecule has 6 nitrogen and oxygen atoms in total. The standard InChI is InChI=1S/C13H13ClN2O4S/c14-11-4-1-5-12(10(11)7-15)21(19,20)16-6-2-3-9(8-16)13(17)18/h1,4-5,9H,2-3,6,8H2,(H,17,18). The van der Waals surface area contributed by atoms with Crippen LogP contribution in [0.3, 0.4) is 0 Å². The molecular formula is C13H13ClN2O4S. The fraction of sp³-hybridized carbons (Fsp3) is 0.385. The van der Waals surface area contributed by atoms with Gasteiger partial charge >= 0.3 is 5.97 Å². The lowest BCUT2D eigenvalue weighted by atomic mass is 10.0. The van der Waals surface area contributed by atoms with Crippen molar-refractivity contribution in [2.45, 2.75) is 17.7 Å². The van der Waals surface area contributed by atoms with Crippen LogP contribution in [0.5, 0.6) is 0 Å². The van der Waals surface area contributed by atoms with Gasteiger partial charge in [-0.2, -0.15) is 9.57 Å². The summed E-state index contributed by atoms with van der Waals surface area (Å²) in [5.41, 5.74) is -0.114. The number of hydrogen-bond acceptors (Lipinski definition) is 4. The van der Waals surface area contributed by atoms with Crippen LogP contribution in [0.2, 0.25) is 5.02 Å². The molecule has 1 aliphatic heterocycles. The van der Waals surface area contributed by atoms with E-state index in [1.807, 2.05) is 0 Å². The number of carboxylic acids is 1. The van der Waals surface area contributed by atoms with Crippen molar-refractivity contribution in [3.05, 3.63) is 28.8 Å². The molecule has 0 aromatic heterocycles. The maximum Gasteiger partial charge on any atom is 0.307 e. The first-order valence-electron chi connectivity index (χ1n) is 6.29. The molecule has 1 heterocycles. The smallest absolute Gasteiger partial charge is 0.307 e. The monoisotopic (exact) mass is 328 g/mol. The number of piperidine rings is 1. The Labute approximate surface area is 127 Å². The second-order valence-corrected chi connectivity index (χ2v) is 7.08. The number of carbonyl (C=O) groups is 1. The van der Waals surface area contributed by atoms with E-state index in [0.717, 1.165) is 4.31 Å². The van der Waals surface area contributed by atoms with Crippen LogP contribution >= 0.6 is 11.6 Å². The van der Waals surface area contributed by atoms with Crippen molar-refractivity contribution in [1.82, 2.24) is 4.31 Å². The van der Waals surface area contributed by atoms with Crippen LogP contribution in [0.1, 0.15) is 18.4 Å². The Hall–Kier alpha value is -1.62. The summed E-state index contributed by atoms with van der Waals surface area (Å²) in [7, 11) is -3.93. The van der Waals surface area contributed by atoms with E-state index in [1.165, 1.54) is 18.2 Å². The van der Waals surface area contributed by atoms with Crippen molar-refractivity contribution in [2.24, 2.45) is 5.92 Å². The molecule has 112 valence electrons. The molecule has 1 atom stereocenters. The molecule has 1 saturated heterocycles. The van der Waals surface area contributed by atoms with Crippen molar-refractivity contribution >= 4 is 27.6 Å². The number of benzene rings is 1. The molecule has 0 saturated carbocycles. The van der Waals surface area contributed by atoms with Gasteiger partial charge in [0.25, 0.3) is 0 Å². The normalized spacial score (nSPS) is 19.9. The Morgan fingerprint density at radius 3 is 2.81 bits per heavy atom. The number of nitrogens with zero attached hydrogens (tertiary/aromatic N) is 2. The maximum atomic E-state index is 12.6. The van der Waals surface area contributed by atoms with Crippen molar-refractivity contribution in [1.29, 1.82) is 5.26 Å². The van der Waals surface area contributed by atoms with Crippen LogP contribution in [0.4, 0.5) is 0 Å². The summed E-state index contributed by atoms with van der Waals surface area (Å²) in [4.78, 5) is 10.9. The third-order valence-electron chi connectivity index (χ3n) is 3.44. The van der Waals surface area contributed by atoms with Gasteiger partial charge in [0.05, 0.1) is 16.5 Å². The van der Waals surface area contributed by atoms with Gasteiger partial charge in [-0.25, -0.2) is 8.42 Å². The molecule has 1 N–H and O–H groups in total. The van der Waals surface area contributed by atoms with E-state index in [2.05, 4.69) is 0 Å². The quantitative estimate of drug-likeness (QED) is 0.910. The molecule has 8 heteroatoms. The Morgan fingerprint density at radius 1 is 1.48 bits per heavy atom. The van der Waals surface area contributed by atoms with Gasteiger partial charge in [0.15, 0.2) is 0 Å². The van der Waals surface area contributed by atoms with E-state index in [9.17, 15) is 13.2 Å². The van der Waals surface area contributed by atoms with Crippen molar-refractivity contribution < 1.29 is 18.3 Å². The molecule has 1 aliphatic rings. The van der Waals surface area contributed by atoms with Gasteiger partial charge < -0.3 is 5.11 Å². The average Bonchev–Trinajstić information content (AvgIpc) is 2.47.